The number of hydrogen-bond acceptors (Lipinski definition) is 3. The first kappa shape index (κ1) is 15.0. The number of aliphatic hydroxyl groups is 1. The van der Waals surface area contributed by atoms with Crippen molar-refractivity contribution in [2.75, 3.05) is 32.9 Å². The van der Waals surface area contributed by atoms with E-state index in [9.17, 15) is 5.11 Å². The van der Waals surface area contributed by atoms with Gasteiger partial charge in [0.25, 0.3) is 0 Å². The monoisotopic (exact) mass is 289 g/mol. The molecule has 0 spiro atoms. The maximum atomic E-state index is 9.71. The Morgan fingerprint density at radius 3 is 2.43 bits per heavy atom. The molecular weight excluding hydrogens is 262 g/mol. The van der Waals surface area contributed by atoms with Gasteiger partial charge in [-0.3, -0.25) is 4.90 Å². The van der Waals surface area contributed by atoms with E-state index in [4.69, 9.17) is 4.74 Å². The molecule has 2 fully saturated rings. The molecule has 0 atom stereocenters. The molecule has 1 aliphatic heterocycles. The molecule has 0 bridgehead atoms. The zero-order valence-corrected chi connectivity index (χ0v) is 12.8. The van der Waals surface area contributed by atoms with Gasteiger partial charge < -0.3 is 9.84 Å². The summed E-state index contributed by atoms with van der Waals surface area (Å²) in [4.78, 5) is 2.62. The van der Waals surface area contributed by atoms with Gasteiger partial charge in [0.15, 0.2) is 0 Å². The topological polar surface area (TPSA) is 32.7 Å². The van der Waals surface area contributed by atoms with E-state index >= 15 is 0 Å². The molecule has 2 aliphatic rings. The molecule has 0 amide bonds. The van der Waals surface area contributed by atoms with Gasteiger partial charge in [0.05, 0.1) is 25.2 Å². The summed E-state index contributed by atoms with van der Waals surface area (Å²) >= 11 is 0. The summed E-state index contributed by atoms with van der Waals surface area (Å²) in [5.41, 5.74) is 1.41. The van der Waals surface area contributed by atoms with Crippen LogP contribution in [0.1, 0.15) is 31.2 Å². The van der Waals surface area contributed by atoms with E-state index < -0.39 is 0 Å². The fraction of sp³-hybridized carbons (Fsp3) is 0.667. The van der Waals surface area contributed by atoms with Crippen molar-refractivity contribution in [3.8, 4) is 0 Å². The van der Waals surface area contributed by atoms with Crippen LogP contribution in [0.2, 0.25) is 0 Å². The molecule has 3 heteroatoms. The average Bonchev–Trinajstić information content (AvgIpc) is 3.01. The number of aliphatic hydroxyl groups excluding tert-OH is 1. The van der Waals surface area contributed by atoms with Gasteiger partial charge in [0.2, 0.25) is 0 Å². The first-order chi connectivity index (χ1) is 10.3. The van der Waals surface area contributed by atoms with E-state index in [1.54, 1.807) is 0 Å². The summed E-state index contributed by atoms with van der Waals surface area (Å²) in [6.45, 7) is 3.77. The van der Waals surface area contributed by atoms with Crippen LogP contribution >= 0.6 is 0 Å². The lowest BCUT2D eigenvalue weighted by Gasteiger charge is -2.45. The van der Waals surface area contributed by atoms with E-state index in [1.807, 2.05) is 0 Å². The molecule has 3 rings (SSSR count). The van der Waals surface area contributed by atoms with Crippen LogP contribution in [0.3, 0.4) is 0 Å². The highest BCUT2D eigenvalue weighted by molar-refractivity contribution is 5.15. The van der Waals surface area contributed by atoms with E-state index in [0.717, 1.165) is 32.7 Å². The maximum Gasteiger partial charge on any atom is 0.0579 e. The smallest absolute Gasteiger partial charge is 0.0579 e. The molecule has 1 aromatic rings. The summed E-state index contributed by atoms with van der Waals surface area (Å²) in [6, 6.07) is 11.4. The molecule has 0 radical (unpaired) electrons. The van der Waals surface area contributed by atoms with E-state index in [2.05, 4.69) is 35.2 Å². The van der Waals surface area contributed by atoms with Gasteiger partial charge in [-0.05, 0) is 24.8 Å². The normalized spacial score (nSPS) is 21.6. The zero-order chi connectivity index (χ0) is 14.5. The second-order valence-corrected chi connectivity index (χ2v) is 6.80. The number of benzene rings is 1. The van der Waals surface area contributed by atoms with Crippen molar-refractivity contribution < 1.29 is 9.84 Å². The largest absolute Gasteiger partial charge is 0.396 e. The second-order valence-electron chi connectivity index (χ2n) is 6.80. The van der Waals surface area contributed by atoms with Crippen LogP contribution in [0, 0.1) is 5.41 Å². The standard InChI is InChI=1S/C18H27NO2/c20-13-18(14-21-15-18)12-19(17-8-4-5-9-17)11-10-16-6-2-1-3-7-16/h1-3,6-7,17,20H,4-5,8-15H2. The third kappa shape index (κ3) is 3.65. The van der Waals surface area contributed by atoms with E-state index in [1.165, 1.54) is 31.2 Å². The van der Waals surface area contributed by atoms with Gasteiger partial charge in [-0.25, -0.2) is 0 Å². The fourth-order valence-electron chi connectivity index (χ4n) is 3.63. The van der Waals surface area contributed by atoms with Crippen LogP contribution in [-0.2, 0) is 11.2 Å². The minimum Gasteiger partial charge on any atom is -0.396 e. The van der Waals surface area contributed by atoms with Crippen LogP contribution in [-0.4, -0.2) is 49.0 Å². The molecule has 1 heterocycles. The Morgan fingerprint density at radius 2 is 1.86 bits per heavy atom. The van der Waals surface area contributed by atoms with Crippen molar-refractivity contribution in [1.29, 1.82) is 0 Å². The van der Waals surface area contributed by atoms with Crippen molar-refractivity contribution in [3.05, 3.63) is 35.9 Å². The highest BCUT2D eigenvalue weighted by atomic mass is 16.5. The number of nitrogens with zero attached hydrogens (tertiary/aromatic N) is 1. The summed E-state index contributed by atoms with van der Waals surface area (Å²) in [7, 11) is 0. The van der Waals surface area contributed by atoms with Crippen LogP contribution in [0.15, 0.2) is 30.3 Å². The van der Waals surface area contributed by atoms with Gasteiger partial charge in [0.1, 0.15) is 0 Å². The number of rotatable bonds is 7. The Morgan fingerprint density at radius 1 is 1.14 bits per heavy atom. The molecule has 1 saturated carbocycles. The van der Waals surface area contributed by atoms with Crippen molar-refractivity contribution in [3.63, 3.8) is 0 Å². The van der Waals surface area contributed by atoms with E-state index in [-0.39, 0.29) is 12.0 Å². The SMILES string of the molecule is OCC1(CN(CCc2ccccc2)C2CCCC2)COC1. The van der Waals surface area contributed by atoms with Crippen molar-refractivity contribution in [2.45, 2.75) is 38.1 Å². The molecule has 1 saturated heterocycles. The Labute approximate surface area is 127 Å². The third-order valence-corrected chi connectivity index (χ3v) is 5.06. The summed E-state index contributed by atoms with van der Waals surface area (Å²) in [6.07, 6.45) is 6.44. The summed E-state index contributed by atoms with van der Waals surface area (Å²) in [5, 5.41) is 9.71. The molecule has 3 nitrogen and oxygen atoms in total. The first-order valence-electron chi connectivity index (χ1n) is 8.28. The summed E-state index contributed by atoms with van der Waals surface area (Å²) < 4.78 is 5.37. The molecule has 21 heavy (non-hydrogen) atoms. The van der Waals surface area contributed by atoms with Gasteiger partial charge in [-0.1, -0.05) is 43.2 Å². The van der Waals surface area contributed by atoms with Crippen molar-refractivity contribution >= 4 is 0 Å². The Balaban J connectivity index is 1.61. The van der Waals surface area contributed by atoms with Crippen LogP contribution in [0.25, 0.3) is 0 Å². The number of ether oxygens (including phenoxy) is 1. The van der Waals surface area contributed by atoms with Crippen LogP contribution in [0.4, 0.5) is 0 Å². The van der Waals surface area contributed by atoms with Gasteiger partial charge >= 0.3 is 0 Å². The molecular formula is C18H27NO2. The molecule has 0 unspecified atom stereocenters. The van der Waals surface area contributed by atoms with Crippen LogP contribution in [0.5, 0.6) is 0 Å². The fourth-order valence-corrected chi connectivity index (χ4v) is 3.63. The van der Waals surface area contributed by atoms with Gasteiger partial charge in [-0.2, -0.15) is 0 Å². The highest BCUT2D eigenvalue weighted by Crippen LogP contribution is 2.32. The van der Waals surface area contributed by atoms with Crippen molar-refractivity contribution in [1.82, 2.24) is 4.90 Å². The predicted octanol–water partition coefficient (Wildman–Crippen LogP) is 2.48. The molecule has 116 valence electrons. The van der Waals surface area contributed by atoms with E-state index in [0.29, 0.717) is 6.04 Å². The molecule has 0 aromatic heterocycles. The average molecular weight is 289 g/mol. The maximum absolute atomic E-state index is 9.71. The lowest BCUT2D eigenvalue weighted by atomic mass is 9.85. The Hall–Kier alpha value is -0.900. The second kappa shape index (κ2) is 6.91. The molecule has 1 N–H and O–H groups in total. The van der Waals surface area contributed by atoms with Crippen LogP contribution < -0.4 is 0 Å². The quantitative estimate of drug-likeness (QED) is 0.837. The van der Waals surface area contributed by atoms with Crippen molar-refractivity contribution in [2.24, 2.45) is 5.41 Å². The molecule has 1 aliphatic carbocycles. The van der Waals surface area contributed by atoms with Gasteiger partial charge in [0, 0.05) is 19.1 Å². The lowest BCUT2D eigenvalue weighted by Crippen LogP contribution is -2.55. The Bertz CT molecular complexity index is 419. The summed E-state index contributed by atoms with van der Waals surface area (Å²) in [5.74, 6) is 0. The van der Waals surface area contributed by atoms with Gasteiger partial charge in [-0.15, -0.1) is 0 Å². The zero-order valence-electron chi connectivity index (χ0n) is 12.8. The first-order valence-corrected chi connectivity index (χ1v) is 8.28. The lowest BCUT2D eigenvalue weighted by molar-refractivity contribution is -0.151. The predicted molar refractivity (Wildman–Crippen MR) is 84.3 cm³/mol. The Kier molecular flexibility index (Phi) is 4.94. The molecule has 1 aromatic carbocycles. The highest BCUT2D eigenvalue weighted by Gasteiger charge is 2.41. The minimum atomic E-state index is -0.000716. The number of hydrogen-bond donors (Lipinski definition) is 1. The third-order valence-electron chi connectivity index (χ3n) is 5.06. The minimum absolute atomic E-state index is 0.000716.